The van der Waals surface area contributed by atoms with Gasteiger partial charge in [-0.3, -0.25) is 9.98 Å². The number of amidine groups is 1. The van der Waals surface area contributed by atoms with Gasteiger partial charge in [0.15, 0.2) is 0 Å². The number of pyridine rings is 2. The summed E-state index contributed by atoms with van der Waals surface area (Å²) < 4.78 is 0. The fourth-order valence-electron chi connectivity index (χ4n) is 4.87. The maximum Gasteiger partial charge on any atom is 0.131 e. The van der Waals surface area contributed by atoms with Crippen molar-refractivity contribution in [1.29, 1.82) is 0 Å². The molecule has 6 heteroatoms. The molecule has 4 heterocycles. The molecule has 2 aromatic heterocycles. The Labute approximate surface area is 202 Å². The maximum absolute atomic E-state index is 4.82. The summed E-state index contributed by atoms with van der Waals surface area (Å²) in [7, 11) is 4.15. The average molecular weight is 455 g/mol. The van der Waals surface area contributed by atoms with Crippen LogP contribution in [0.2, 0.25) is 0 Å². The fraction of sp³-hybridized carbons (Fsp3) is 0.393. The Bertz CT molecular complexity index is 1120. The summed E-state index contributed by atoms with van der Waals surface area (Å²) >= 11 is 0. The van der Waals surface area contributed by atoms with Gasteiger partial charge in [-0.15, -0.1) is 0 Å². The van der Waals surface area contributed by atoms with Crippen molar-refractivity contribution in [3.63, 3.8) is 0 Å². The first-order valence-electron chi connectivity index (χ1n) is 12.2. The highest BCUT2D eigenvalue weighted by atomic mass is 15.2. The highest BCUT2D eigenvalue weighted by Crippen LogP contribution is 2.28. The Morgan fingerprint density at radius 2 is 1.85 bits per heavy atom. The van der Waals surface area contributed by atoms with Gasteiger partial charge in [0, 0.05) is 56.4 Å². The van der Waals surface area contributed by atoms with E-state index in [1.54, 1.807) is 0 Å². The molecule has 6 nitrogen and oxygen atoms in total. The number of hydrogen-bond acceptors (Lipinski definition) is 6. The topological polar surface area (TPSA) is 56.6 Å². The van der Waals surface area contributed by atoms with Crippen molar-refractivity contribution in [3.05, 3.63) is 78.3 Å². The van der Waals surface area contributed by atoms with E-state index in [2.05, 4.69) is 85.2 Å². The van der Waals surface area contributed by atoms with Gasteiger partial charge >= 0.3 is 0 Å². The number of fused-ring (bicyclic) bond motifs is 1. The van der Waals surface area contributed by atoms with Crippen LogP contribution in [0, 0.1) is 5.92 Å². The van der Waals surface area contributed by atoms with Crippen molar-refractivity contribution in [3.8, 4) is 11.3 Å². The van der Waals surface area contributed by atoms with Gasteiger partial charge in [0.25, 0.3) is 0 Å². The number of anilines is 1. The van der Waals surface area contributed by atoms with Crippen LogP contribution in [0.1, 0.15) is 31.7 Å². The molecule has 2 unspecified atom stereocenters. The van der Waals surface area contributed by atoms with Crippen LogP contribution in [0.15, 0.2) is 77.7 Å². The van der Waals surface area contributed by atoms with Crippen LogP contribution >= 0.6 is 0 Å². The Balaban J connectivity index is 1.19. The Morgan fingerprint density at radius 3 is 2.53 bits per heavy atom. The van der Waals surface area contributed by atoms with Crippen molar-refractivity contribution in [1.82, 2.24) is 20.2 Å². The highest BCUT2D eigenvalue weighted by Gasteiger charge is 2.27. The van der Waals surface area contributed by atoms with E-state index < -0.39 is 0 Å². The van der Waals surface area contributed by atoms with Gasteiger partial charge in [-0.2, -0.15) is 0 Å². The number of nitrogens with zero attached hydrogens (tertiary/aromatic N) is 5. The number of aromatic nitrogens is 2. The van der Waals surface area contributed by atoms with E-state index in [0.717, 1.165) is 48.0 Å². The Hall–Kier alpha value is -3.41. The molecular weight excluding hydrogens is 420 g/mol. The highest BCUT2D eigenvalue weighted by molar-refractivity contribution is 6.00. The third kappa shape index (κ3) is 4.76. The van der Waals surface area contributed by atoms with E-state index >= 15 is 0 Å². The second-order valence-electron chi connectivity index (χ2n) is 9.84. The minimum Gasteiger partial charge on any atom is -0.381 e. The largest absolute Gasteiger partial charge is 0.381 e. The predicted molar refractivity (Wildman–Crippen MR) is 140 cm³/mol. The second kappa shape index (κ2) is 9.45. The second-order valence-corrected chi connectivity index (χ2v) is 9.84. The van der Waals surface area contributed by atoms with Crippen molar-refractivity contribution < 1.29 is 0 Å². The minimum absolute atomic E-state index is 0.173. The van der Waals surface area contributed by atoms with Crippen LogP contribution < -0.4 is 10.2 Å². The van der Waals surface area contributed by atoms with Crippen molar-refractivity contribution in [2.24, 2.45) is 10.9 Å². The fourth-order valence-corrected chi connectivity index (χ4v) is 4.87. The standard InChI is InChI=1S/C28H34N6/c1-19-5-8-25-26(15-19)32-28(31-25)23-6-9-24(29-18-23)22-7-10-27(30-17-22)34-13-11-21(12-14-34)16-20(2)33(3)4/h5-10,15,17-18,21,25-26H,2,11-14,16H2,1,3-4H3,(H,31,32). The number of allylic oxidation sites excluding steroid dienone is 3. The lowest BCUT2D eigenvalue weighted by Gasteiger charge is -2.34. The van der Waals surface area contributed by atoms with Gasteiger partial charge in [-0.25, -0.2) is 4.98 Å². The molecule has 0 spiro atoms. The zero-order chi connectivity index (χ0) is 23.7. The molecule has 2 atom stereocenters. The molecule has 0 amide bonds. The summed E-state index contributed by atoms with van der Waals surface area (Å²) in [5.41, 5.74) is 5.47. The molecule has 0 saturated carbocycles. The van der Waals surface area contributed by atoms with E-state index in [1.165, 1.54) is 24.1 Å². The monoisotopic (exact) mass is 454 g/mol. The van der Waals surface area contributed by atoms with E-state index in [0.29, 0.717) is 5.92 Å². The van der Waals surface area contributed by atoms with Crippen molar-refractivity contribution in [2.75, 3.05) is 32.1 Å². The third-order valence-corrected chi connectivity index (χ3v) is 7.12. The van der Waals surface area contributed by atoms with Gasteiger partial charge in [-0.05, 0) is 56.4 Å². The van der Waals surface area contributed by atoms with Gasteiger partial charge in [0.2, 0.25) is 0 Å². The molecule has 5 rings (SSSR count). The van der Waals surface area contributed by atoms with Gasteiger partial charge < -0.3 is 15.1 Å². The summed E-state index contributed by atoms with van der Waals surface area (Å²) in [6.45, 7) is 8.40. The smallest absolute Gasteiger partial charge is 0.131 e. The summed E-state index contributed by atoms with van der Waals surface area (Å²) in [4.78, 5) is 18.8. The molecule has 34 heavy (non-hydrogen) atoms. The molecule has 2 aromatic rings. The first-order chi connectivity index (χ1) is 16.5. The summed E-state index contributed by atoms with van der Waals surface area (Å²) in [6, 6.07) is 8.81. The molecule has 0 bridgehead atoms. The normalized spacial score (nSPS) is 22.0. The van der Waals surface area contributed by atoms with E-state index in [9.17, 15) is 0 Å². The number of hydrogen-bond donors (Lipinski definition) is 1. The number of rotatable bonds is 6. The average Bonchev–Trinajstić information content (AvgIpc) is 3.28. The number of aliphatic imine (C=N–C) groups is 1. The molecule has 3 aliphatic rings. The van der Waals surface area contributed by atoms with Crippen molar-refractivity contribution in [2.45, 2.75) is 38.3 Å². The van der Waals surface area contributed by atoms with Gasteiger partial charge in [-0.1, -0.05) is 30.4 Å². The molecular formula is C28H34N6. The first-order valence-corrected chi connectivity index (χ1v) is 12.2. The predicted octanol–water partition coefficient (Wildman–Crippen LogP) is 4.43. The summed E-state index contributed by atoms with van der Waals surface area (Å²) in [6.07, 6.45) is 13.8. The zero-order valence-electron chi connectivity index (χ0n) is 20.4. The lowest BCUT2D eigenvalue weighted by molar-refractivity contribution is 0.363. The molecule has 1 aliphatic carbocycles. The lowest BCUT2D eigenvalue weighted by Crippen LogP contribution is -2.34. The summed E-state index contributed by atoms with van der Waals surface area (Å²) in [5, 5.41) is 3.52. The van der Waals surface area contributed by atoms with Crippen LogP contribution in [-0.2, 0) is 0 Å². The summed E-state index contributed by atoms with van der Waals surface area (Å²) in [5.74, 6) is 2.68. The zero-order valence-corrected chi connectivity index (χ0v) is 20.4. The number of piperidine rings is 1. The lowest BCUT2D eigenvalue weighted by atomic mass is 9.92. The molecule has 1 saturated heterocycles. The molecule has 1 fully saturated rings. The molecule has 1 N–H and O–H groups in total. The van der Waals surface area contributed by atoms with Crippen LogP contribution in [0.3, 0.4) is 0 Å². The van der Waals surface area contributed by atoms with Crippen LogP contribution in [0.4, 0.5) is 5.82 Å². The van der Waals surface area contributed by atoms with E-state index in [-0.39, 0.29) is 12.1 Å². The molecule has 0 radical (unpaired) electrons. The first kappa shape index (κ1) is 22.4. The number of nitrogens with one attached hydrogen (secondary N) is 1. The SMILES string of the molecule is C=C(CC1CCN(c2ccc(-c3ccc(C4=NC5C=CC(C)=CC5N4)cn3)cn2)CC1)N(C)C. The van der Waals surface area contributed by atoms with E-state index in [4.69, 9.17) is 15.0 Å². The Morgan fingerprint density at radius 1 is 1.09 bits per heavy atom. The van der Waals surface area contributed by atoms with Crippen LogP contribution in [-0.4, -0.2) is 60.0 Å². The minimum atomic E-state index is 0.173. The molecule has 0 aromatic carbocycles. The third-order valence-electron chi connectivity index (χ3n) is 7.12. The molecule has 2 aliphatic heterocycles. The molecule has 176 valence electrons. The maximum atomic E-state index is 4.82. The van der Waals surface area contributed by atoms with E-state index in [1.807, 2.05) is 12.4 Å². The van der Waals surface area contributed by atoms with Gasteiger partial charge in [0.1, 0.15) is 11.7 Å². The van der Waals surface area contributed by atoms with Crippen LogP contribution in [0.25, 0.3) is 11.3 Å². The Kier molecular flexibility index (Phi) is 6.22. The van der Waals surface area contributed by atoms with Crippen LogP contribution in [0.5, 0.6) is 0 Å². The van der Waals surface area contributed by atoms with Crippen molar-refractivity contribution >= 4 is 11.7 Å². The quantitative estimate of drug-likeness (QED) is 0.700. The van der Waals surface area contributed by atoms with Gasteiger partial charge in [0.05, 0.1) is 17.8 Å².